The number of hydrogen-bond donors (Lipinski definition) is 1. The number of likely N-dealkylation sites (N-methyl/N-ethyl adjacent to an activating group) is 1. The van der Waals surface area contributed by atoms with E-state index < -0.39 is 0 Å². The summed E-state index contributed by atoms with van der Waals surface area (Å²) in [6, 6.07) is 8.45. The number of nitrogen functional groups attached to an aromatic ring is 1. The van der Waals surface area contributed by atoms with Crippen molar-refractivity contribution >= 4 is 22.3 Å². The van der Waals surface area contributed by atoms with E-state index in [4.69, 9.17) is 10.5 Å². The van der Waals surface area contributed by atoms with E-state index in [9.17, 15) is 0 Å². The Hall–Kier alpha value is -1.81. The van der Waals surface area contributed by atoms with Crippen LogP contribution < -0.4 is 10.6 Å². The van der Waals surface area contributed by atoms with Crippen molar-refractivity contribution in [1.82, 2.24) is 4.98 Å². The van der Waals surface area contributed by atoms with Crippen molar-refractivity contribution < 1.29 is 4.74 Å². The summed E-state index contributed by atoms with van der Waals surface area (Å²) >= 11 is 0. The molecule has 0 radical (unpaired) electrons. The van der Waals surface area contributed by atoms with E-state index in [0.717, 1.165) is 36.2 Å². The number of fused-ring (bicyclic) bond motifs is 1. The fourth-order valence-electron chi connectivity index (χ4n) is 2.51. The first-order valence-corrected chi connectivity index (χ1v) is 6.21. The van der Waals surface area contributed by atoms with Gasteiger partial charge in [-0.2, -0.15) is 0 Å². The largest absolute Gasteiger partial charge is 0.397 e. The monoisotopic (exact) mass is 243 g/mol. The highest BCUT2D eigenvalue weighted by atomic mass is 16.5. The van der Waals surface area contributed by atoms with Crippen LogP contribution in [0.2, 0.25) is 0 Å². The lowest BCUT2D eigenvalue weighted by Crippen LogP contribution is -2.31. The number of ether oxygens (including phenoxy) is 1. The zero-order chi connectivity index (χ0) is 12.5. The van der Waals surface area contributed by atoms with Crippen LogP contribution in [-0.2, 0) is 4.74 Å². The lowest BCUT2D eigenvalue weighted by atomic mass is 10.1. The van der Waals surface area contributed by atoms with Crippen LogP contribution >= 0.6 is 0 Å². The van der Waals surface area contributed by atoms with Gasteiger partial charge in [-0.3, -0.25) is 4.98 Å². The highest BCUT2D eigenvalue weighted by Gasteiger charge is 2.22. The van der Waals surface area contributed by atoms with Crippen molar-refractivity contribution in [1.29, 1.82) is 0 Å². The quantitative estimate of drug-likeness (QED) is 0.820. The first kappa shape index (κ1) is 11.3. The highest BCUT2D eigenvalue weighted by molar-refractivity contribution is 5.98. The van der Waals surface area contributed by atoms with Crippen molar-refractivity contribution in [2.75, 3.05) is 30.9 Å². The van der Waals surface area contributed by atoms with Gasteiger partial charge in [0.05, 0.1) is 23.9 Å². The molecule has 1 atom stereocenters. The first-order chi connectivity index (χ1) is 8.77. The maximum atomic E-state index is 5.97. The maximum Gasteiger partial charge on any atom is 0.0951 e. The molecule has 1 aliphatic rings. The summed E-state index contributed by atoms with van der Waals surface area (Å²) in [5.74, 6) is 0. The van der Waals surface area contributed by atoms with Gasteiger partial charge in [0.2, 0.25) is 0 Å². The molecule has 3 rings (SSSR count). The second-order valence-electron chi connectivity index (χ2n) is 4.70. The molecule has 4 nitrogen and oxygen atoms in total. The van der Waals surface area contributed by atoms with Gasteiger partial charge in [0.1, 0.15) is 0 Å². The summed E-state index contributed by atoms with van der Waals surface area (Å²) in [7, 11) is 2.11. The third-order valence-corrected chi connectivity index (χ3v) is 3.61. The number of rotatable bonds is 2. The number of hydrogen-bond acceptors (Lipinski definition) is 4. The maximum absolute atomic E-state index is 5.97. The summed E-state index contributed by atoms with van der Waals surface area (Å²) in [6.07, 6.45) is 2.85. The van der Waals surface area contributed by atoms with Crippen LogP contribution in [0.1, 0.15) is 6.42 Å². The van der Waals surface area contributed by atoms with Gasteiger partial charge in [-0.25, -0.2) is 0 Å². The van der Waals surface area contributed by atoms with Gasteiger partial charge >= 0.3 is 0 Å². The Morgan fingerprint density at radius 3 is 3.06 bits per heavy atom. The molecule has 1 fully saturated rings. The minimum atomic E-state index is 0.442. The van der Waals surface area contributed by atoms with E-state index in [1.165, 1.54) is 5.69 Å². The Morgan fingerprint density at radius 1 is 1.39 bits per heavy atom. The summed E-state index contributed by atoms with van der Waals surface area (Å²) in [6.45, 7) is 1.64. The van der Waals surface area contributed by atoms with Gasteiger partial charge in [0, 0.05) is 30.9 Å². The average Bonchev–Trinajstić information content (AvgIpc) is 2.93. The standard InChI is InChI=1S/C14H17N3O/c1-17(10-6-8-18-9-10)13-5-4-12(15)14-11(13)3-2-7-16-14/h2-5,7,10H,6,8-9,15H2,1H3. The third kappa shape index (κ3) is 1.78. The lowest BCUT2D eigenvalue weighted by molar-refractivity contribution is 0.193. The molecule has 1 saturated heterocycles. The predicted molar refractivity (Wildman–Crippen MR) is 73.8 cm³/mol. The summed E-state index contributed by atoms with van der Waals surface area (Å²) in [4.78, 5) is 6.64. The zero-order valence-corrected chi connectivity index (χ0v) is 10.5. The second kappa shape index (κ2) is 4.46. The molecule has 2 heterocycles. The Bertz CT molecular complexity index is 564. The summed E-state index contributed by atoms with van der Waals surface area (Å²) in [5.41, 5.74) is 8.75. The topological polar surface area (TPSA) is 51.4 Å². The molecule has 0 spiro atoms. The van der Waals surface area contributed by atoms with E-state index in [1.807, 2.05) is 12.1 Å². The SMILES string of the molecule is CN(c1ccc(N)c2ncccc12)C1CCOC1. The Balaban J connectivity index is 2.08. The van der Waals surface area contributed by atoms with Crippen LogP contribution in [0.25, 0.3) is 10.9 Å². The number of aromatic nitrogens is 1. The molecule has 0 saturated carbocycles. The number of nitrogens with two attached hydrogens (primary N) is 1. The van der Waals surface area contributed by atoms with E-state index in [2.05, 4.69) is 29.1 Å². The number of anilines is 2. The zero-order valence-electron chi connectivity index (χ0n) is 10.5. The van der Waals surface area contributed by atoms with Crippen molar-refractivity contribution in [3.8, 4) is 0 Å². The fourth-order valence-corrected chi connectivity index (χ4v) is 2.51. The molecule has 18 heavy (non-hydrogen) atoms. The van der Waals surface area contributed by atoms with Crippen molar-refractivity contribution in [3.63, 3.8) is 0 Å². The third-order valence-electron chi connectivity index (χ3n) is 3.61. The molecule has 1 unspecified atom stereocenters. The van der Waals surface area contributed by atoms with Gasteiger partial charge in [0.15, 0.2) is 0 Å². The lowest BCUT2D eigenvalue weighted by Gasteiger charge is -2.26. The molecule has 1 aromatic carbocycles. The Morgan fingerprint density at radius 2 is 2.28 bits per heavy atom. The van der Waals surface area contributed by atoms with Gasteiger partial charge in [-0.1, -0.05) is 0 Å². The summed E-state index contributed by atoms with van der Waals surface area (Å²) < 4.78 is 5.45. The minimum absolute atomic E-state index is 0.442. The number of nitrogens with zero attached hydrogens (tertiary/aromatic N) is 2. The van der Waals surface area contributed by atoms with Gasteiger partial charge < -0.3 is 15.4 Å². The van der Waals surface area contributed by atoms with Crippen molar-refractivity contribution in [2.45, 2.75) is 12.5 Å². The molecule has 2 N–H and O–H groups in total. The van der Waals surface area contributed by atoms with Gasteiger partial charge in [-0.05, 0) is 30.7 Å². The molecule has 1 aliphatic heterocycles. The normalized spacial score (nSPS) is 19.3. The Labute approximate surface area is 106 Å². The molecule has 2 aromatic rings. The van der Waals surface area contributed by atoms with E-state index in [-0.39, 0.29) is 0 Å². The summed E-state index contributed by atoms with van der Waals surface area (Å²) in [5, 5.41) is 1.10. The van der Waals surface area contributed by atoms with Crippen molar-refractivity contribution in [3.05, 3.63) is 30.5 Å². The fraction of sp³-hybridized carbons (Fsp3) is 0.357. The molecular weight excluding hydrogens is 226 g/mol. The van der Waals surface area contributed by atoms with Crippen LogP contribution in [0, 0.1) is 0 Å². The van der Waals surface area contributed by atoms with E-state index in [1.54, 1.807) is 6.20 Å². The van der Waals surface area contributed by atoms with Gasteiger partial charge in [0.25, 0.3) is 0 Å². The van der Waals surface area contributed by atoms with Crippen LogP contribution in [0.5, 0.6) is 0 Å². The Kier molecular flexibility index (Phi) is 2.80. The molecule has 1 aromatic heterocycles. The first-order valence-electron chi connectivity index (χ1n) is 6.21. The molecule has 0 amide bonds. The molecular formula is C14H17N3O. The molecule has 4 heteroatoms. The van der Waals surface area contributed by atoms with Crippen LogP contribution in [0.3, 0.4) is 0 Å². The highest BCUT2D eigenvalue weighted by Crippen LogP contribution is 2.30. The van der Waals surface area contributed by atoms with Crippen molar-refractivity contribution in [2.24, 2.45) is 0 Å². The van der Waals surface area contributed by atoms with Gasteiger partial charge in [-0.15, -0.1) is 0 Å². The number of pyridine rings is 1. The molecule has 0 bridgehead atoms. The van der Waals surface area contributed by atoms with Crippen LogP contribution in [0.4, 0.5) is 11.4 Å². The van der Waals surface area contributed by atoms with E-state index in [0.29, 0.717) is 6.04 Å². The molecule has 94 valence electrons. The molecule has 0 aliphatic carbocycles. The average molecular weight is 243 g/mol. The van der Waals surface area contributed by atoms with Crippen LogP contribution in [0.15, 0.2) is 30.5 Å². The smallest absolute Gasteiger partial charge is 0.0951 e. The second-order valence-corrected chi connectivity index (χ2v) is 4.70. The predicted octanol–water partition coefficient (Wildman–Crippen LogP) is 2.04. The van der Waals surface area contributed by atoms with Crippen LogP contribution in [-0.4, -0.2) is 31.3 Å². The van der Waals surface area contributed by atoms with E-state index >= 15 is 0 Å². The number of benzene rings is 1. The minimum Gasteiger partial charge on any atom is -0.397 e.